The fourth-order valence-corrected chi connectivity index (χ4v) is 4.02. The SMILES string of the molecule is COC1(C)CN(c2cc3c(N[C@H](C)c4cccc(C)c4C)nnc(C)c3cn2)C1. The van der Waals surface area contributed by atoms with E-state index in [0.29, 0.717) is 0 Å². The minimum absolute atomic E-state index is 0.0959. The van der Waals surface area contributed by atoms with Crippen LogP contribution < -0.4 is 10.2 Å². The summed E-state index contributed by atoms with van der Waals surface area (Å²) in [6.07, 6.45) is 1.91. The first kappa shape index (κ1) is 19.6. The number of rotatable bonds is 5. The van der Waals surface area contributed by atoms with Crippen LogP contribution in [0.5, 0.6) is 0 Å². The molecule has 0 spiro atoms. The van der Waals surface area contributed by atoms with Crippen LogP contribution >= 0.6 is 0 Å². The molecule has 0 aliphatic carbocycles. The Morgan fingerprint density at radius 1 is 1.14 bits per heavy atom. The Balaban J connectivity index is 1.68. The van der Waals surface area contributed by atoms with Crippen LogP contribution in [-0.4, -0.2) is 41.0 Å². The van der Waals surface area contributed by atoms with Gasteiger partial charge in [-0.1, -0.05) is 18.2 Å². The molecule has 0 radical (unpaired) electrons. The van der Waals surface area contributed by atoms with Gasteiger partial charge in [0.1, 0.15) is 5.82 Å². The molecule has 1 fully saturated rings. The van der Waals surface area contributed by atoms with Crippen molar-refractivity contribution >= 4 is 22.4 Å². The van der Waals surface area contributed by atoms with Gasteiger partial charge in [0.25, 0.3) is 0 Å². The van der Waals surface area contributed by atoms with E-state index in [1.165, 1.54) is 16.7 Å². The predicted molar refractivity (Wildman–Crippen MR) is 118 cm³/mol. The van der Waals surface area contributed by atoms with Gasteiger partial charge in [0.15, 0.2) is 5.82 Å². The lowest BCUT2D eigenvalue weighted by Gasteiger charge is -2.47. The Morgan fingerprint density at radius 2 is 1.90 bits per heavy atom. The molecule has 4 rings (SSSR count). The number of methoxy groups -OCH3 is 1. The molecule has 0 amide bonds. The van der Waals surface area contributed by atoms with Crippen LogP contribution in [0, 0.1) is 20.8 Å². The molecule has 1 N–H and O–H groups in total. The topological polar surface area (TPSA) is 63.2 Å². The third-order valence-corrected chi connectivity index (χ3v) is 6.17. The van der Waals surface area contributed by atoms with Crippen molar-refractivity contribution in [1.82, 2.24) is 15.2 Å². The summed E-state index contributed by atoms with van der Waals surface area (Å²) < 4.78 is 5.57. The summed E-state index contributed by atoms with van der Waals surface area (Å²) in [5, 5.41) is 14.5. The van der Waals surface area contributed by atoms with E-state index in [-0.39, 0.29) is 11.6 Å². The highest BCUT2D eigenvalue weighted by molar-refractivity contribution is 5.94. The van der Waals surface area contributed by atoms with Gasteiger partial charge >= 0.3 is 0 Å². The van der Waals surface area contributed by atoms with Crippen LogP contribution in [0.3, 0.4) is 0 Å². The van der Waals surface area contributed by atoms with E-state index in [9.17, 15) is 0 Å². The van der Waals surface area contributed by atoms with Gasteiger partial charge in [0.05, 0.1) is 17.3 Å². The summed E-state index contributed by atoms with van der Waals surface area (Å²) in [5.41, 5.74) is 4.66. The zero-order chi connectivity index (χ0) is 20.8. The molecule has 1 aliphatic rings. The molecule has 6 nitrogen and oxygen atoms in total. The summed E-state index contributed by atoms with van der Waals surface area (Å²) in [7, 11) is 1.76. The van der Waals surface area contributed by atoms with Gasteiger partial charge in [0, 0.05) is 37.2 Å². The summed E-state index contributed by atoms with van der Waals surface area (Å²) in [6.45, 7) is 12.2. The normalized spacial score (nSPS) is 16.6. The number of pyridine rings is 1. The second-order valence-corrected chi connectivity index (χ2v) is 8.39. The number of anilines is 2. The molecule has 0 unspecified atom stereocenters. The summed E-state index contributed by atoms with van der Waals surface area (Å²) in [4.78, 5) is 6.90. The van der Waals surface area contributed by atoms with Crippen molar-refractivity contribution in [1.29, 1.82) is 0 Å². The van der Waals surface area contributed by atoms with Gasteiger partial charge in [-0.2, -0.15) is 5.10 Å². The molecular weight excluding hydrogens is 362 g/mol. The maximum absolute atomic E-state index is 5.57. The van der Waals surface area contributed by atoms with Crippen molar-refractivity contribution in [2.75, 3.05) is 30.4 Å². The number of nitrogens with one attached hydrogen (secondary N) is 1. The Hall–Kier alpha value is -2.73. The number of aryl methyl sites for hydroxylation is 2. The number of aromatic nitrogens is 3. The van der Waals surface area contributed by atoms with Gasteiger partial charge < -0.3 is 15.0 Å². The minimum Gasteiger partial charge on any atom is -0.375 e. The Morgan fingerprint density at radius 3 is 2.62 bits per heavy atom. The Labute approximate surface area is 172 Å². The highest BCUT2D eigenvalue weighted by Gasteiger charge is 2.39. The van der Waals surface area contributed by atoms with Crippen LogP contribution in [-0.2, 0) is 4.74 Å². The number of hydrogen-bond donors (Lipinski definition) is 1. The van der Waals surface area contributed by atoms with Gasteiger partial charge in [0.2, 0.25) is 0 Å². The summed E-state index contributed by atoms with van der Waals surface area (Å²) in [6, 6.07) is 8.65. The van der Waals surface area contributed by atoms with Gasteiger partial charge in [-0.05, 0) is 57.4 Å². The molecule has 0 saturated carbocycles. The van der Waals surface area contributed by atoms with Crippen LogP contribution in [0.4, 0.5) is 11.6 Å². The quantitative estimate of drug-likeness (QED) is 0.698. The van der Waals surface area contributed by atoms with Crippen molar-refractivity contribution in [3.05, 3.63) is 52.8 Å². The number of benzene rings is 1. The average molecular weight is 392 g/mol. The van der Waals surface area contributed by atoms with Crippen LogP contribution in [0.2, 0.25) is 0 Å². The molecule has 3 aromatic rings. The van der Waals surface area contributed by atoms with Crippen molar-refractivity contribution in [2.24, 2.45) is 0 Å². The number of fused-ring (bicyclic) bond motifs is 1. The predicted octanol–water partition coefficient (Wildman–Crippen LogP) is 4.35. The maximum Gasteiger partial charge on any atom is 0.157 e. The van der Waals surface area contributed by atoms with E-state index in [0.717, 1.165) is 41.2 Å². The molecule has 1 atom stereocenters. The number of hydrogen-bond acceptors (Lipinski definition) is 6. The van der Waals surface area contributed by atoms with E-state index < -0.39 is 0 Å². The standard InChI is InChI=1S/C23H29N5O/c1-14-8-7-9-18(15(14)2)16(3)25-22-19-10-21(28-12-23(5,13-28)29-6)24-11-20(19)17(4)26-27-22/h7-11,16H,12-13H2,1-6H3,(H,25,27)/t16-/m1/s1. The molecule has 152 valence electrons. The summed E-state index contributed by atoms with van der Waals surface area (Å²) >= 11 is 0. The molecule has 29 heavy (non-hydrogen) atoms. The lowest BCUT2D eigenvalue weighted by molar-refractivity contribution is -0.0171. The van der Waals surface area contributed by atoms with Crippen molar-refractivity contribution < 1.29 is 4.74 Å². The third kappa shape index (κ3) is 3.53. The van der Waals surface area contributed by atoms with Crippen molar-refractivity contribution in [3.63, 3.8) is 0 Å². The first-order chi connectivity index (χ1) is 13.8. The number of nitrogens with zero attached hydrogens (tertiary/aromatic N) is 4. The first-order valence-corrected chi connectivity index (χ1v) is 10.1. The van der Waals surface area contributed by atoms with Crippen molar-refractivity contribution in [2.45, 2.75) is 46.3 Å². The summed E-state index contributed by atoms with van der Waals surface area (Å²) in [5.74, 6) is 1.74. The minimum atomic E-state index is -0.0959. The zero-order valence-corrected chi connectivity index (χ0v) is 18.1. The Bertz CT molecular complexity index is 1060. The van der Waals surface area contributed by atoms with Gasteiger partial charge in [-0.3, -0.25) is 0 Å². The first-order valence-electron chi connectivity index (χ1n) is 10.1. The van der Waals surface area contributed by atoms with E-state index in [1.807, 2.05) is 13.1 Å². The van der Waals surface area contributed by atoms with Crippen molar-refractivity contribution in [3.8, 4) is 0 Å². The molecule has 3 heterocycles. The fraction of sp³-hybridized carbons (Fsp3) is 0.435. The maximum atomic E-state index is 5.57. The van der Waals surface area contributed by atoms with E-state index in [4.69, 9.17) is 4.74 Å². The highest BCUT2D eigenvalue weighted by Crippen LogP contribution is 2.33. The largest absolute Gasteiger partial charge is 0.375 e. The smallest absolute Gasteiger partial charge is 0.157 e. The zero-order valence-electron chi connectivity index (χ0n) is 18.1. The lowest BCUT2D eigenvalue weighted by atomic mass is 9.96. The average Bonchev–Trinajstić information content (AvgIpc) is 2.69. The van der Waals surface area contributed by atoms with Gasteiger partial charge in [-0.25, -0.2) is 4.98 Å². The highest BCUT2D eigenvalue weighted by atomic mass is 16.5. The molecular formula is C23H29N5O. The molecule has 1 aromatic carbocycles. The molecule has 0 bridgehead atoms. The second-order valence-electron chi connectivity index (χ2n) is 8.39. The third-order valence-electron chi connectivity index (χ3n) is 6.17. The number of ether oxygens (including phenoxy) is 1. The Kier molecular flexibility index (Phi) is 4.90. The van der Waals surface area contributed by atoms with E-state index in [2.05, 4.69) is 77.4 Å². The van der Waals surface area contributed by atoms with E-state index in [1.54, 1.807) is 7.11 Å². The monoisotopic (exact) mass is 391 g/mol. The molecule has 1 saturated heterocycles. The molecule has 1 aliphatic heterocycles. The van der Waals surface area contributed by atoms with Crippen LogP contribution in [0.1, 0.15) is 42.3 Å². The lowest BCUT2D eigenvalue weighted by Crippen LogP contribution is -2.61. The molecule has 6 heteroatoms. The fourth-order valence-electron chi connectivity index (χ4n) is 4.02. The van der Waals surface area contributed by atoms with Crippen LogP contribution in [0.15, 0.2) is 30.5 Å². The van der Waals surface area contributed by atoms with Crippen LogP contribution in [0.25, 0.3) is 10.8 Å². The molecule has 2 aromatic heterocycles. The van der Waals surface area contributed by atoms with E-state index >= 15 is 0 Å². The second kappa shape index (κ2) is 7.26. The van der Waals surface area contributed by atoms with Gasteiger partial charge in [-0.15, -0.1) is 5.10 Å².